The highest BCUT2D eigenvalue weighted by molar-refractivity contribution is 7.21. The number of amides is 2. The molecule has 2 N–H and O–H groups in total. The Kier molecular flexibility index (Phi) is 6.22. The van der Waals surface area contributed by atoms with Crippen molar-refractivity contribution in [2.24, 2.45) is 0 Å². The van der Waals surface area contributed by atoms with Gasteiger partial charge in [-0.15, -0.1) is 11.3 Å². The van der Waals surface area contributed by atoms with Gasteiger partial charge >= 0.3 is 0 Å². The van der Waals surface area contributed by atoms with Gasteiger partial charge in [0.15, 0.2) is 0 Å². The first kappa shape index (κ1) is 19.9. The van der Waals surface area contributed by atoms with Crippen LogP contribution < -0.4 is 15.4 Å². The standard InChI is InChI=1S/C19H24ClN3O3S/c1-4-5-6-7-12(24)22-15-13-10(2)14(20)18(26-3)23-19(13)27-16(15)17(25)21-11-8-9-11/h11H,4-9H2,1-3H3,(H,21,25)(H,22,24). The molecule has 0 aliphatic heterocycles. The van der Waals surface area contributed by atoms with Crippen LogP contribution >= 0.6 is 22.9 Å². The van der Waals surface area contributed by atoms with Crippen molar-refractivity contribution >= 4 is 50.7 Å². The van der Waals surface area contributed by atoms with Gasteiger partial charge < -0.3 is 15.4 Å². The molecule has 0 saturated heterocycles. The van der Waals surface area contributed by atoms with Gasteiger partial charge in [0.1, 0.15) is 14.7 Å². The molecular weight excluding hydrogens is 386 g/mol. The molecule has 146 valence electrons. The predicted molar refractivity (Wildman–Crippen MR) is 109 cm³/mol. The van der Waals surface area contributed by atoms with Gasteiger partial charge in [0.2, 0.25) is 11.8 Å². The normalized spacial score (nSPS) is 13.6. The number of nitrogens with zero attached hydrogens (tertiary/aromatic N) is 1. The van der Waals surface area contributed by atoms with Crippen LogP contribution in [0.4, 0.5) is 5.69 Å². The molecule has 0 unspecified atom stereocenters. The number of aryl methyl sites for hydroxylation is 1. The SMILES string of the molecule is CCCCCC(=O)Nc1c(C(=O)NC2CC2)sc2nc(OC)c(Cl)c(C)c12. The lowest BCUT2D eigenvalue weighted by Crippen LogP contribution is -2.25. The van der Waals surface area contributed by atoms with Crippen molar-refractivity contribution in [2.45, 2.75) is 58.4 Å². The van der Waals surface area contributed by atoms with Crippen molar-refractivity contribution in [3.8, 4) is 5.88 Å². The van der Waals surface area contributed by atoms with Crippen LogP contribution in [-0.4, -0.2) is 29.9 Å². The molecule has 0 aromatic carbocycles. The molecule has 0 spiro atoms. The topological polar surface area (TPSA) is 80.3 Å². The molecule has 1 saturated carbocycles. The second kappa shape index (κ2) is 8.44. The zero-order valence-electron chi connectivity index (χ0n) is 15.8. The van der Waals surface area contributed by atoms with Crippen LogP contribution in [0.1, 0.15) is 60.7 Å². The lowest BCUT2D eigenvalue weighted by Gasteiger charge is -2.10. The van der Waals surface area contributed by atoms with Crippen molar-refractivity contribution < 1.29 is 14.3 Å². The Labute approximate surface area is 167 Å². The molecule has 27 heavy (non-hydrogen) atoms. The van der Waals surface area contributed by atoms with E-state index in [1.807, 2.05) is 6.92 Å². The number of nitrogens with one attached hydrogen (secondary N) is 2. The Balaban J connectivity index is 2.01. The second-order valence-electron chi connectivity index (χ2n) is 6.80. The fourth-order valence-electron chi connectivity index (χ4n) is 2.89. The Morgan fingerprint density at radius 3 is 2.70 bits per heavy atom. The van der Waals surface area contributed by atoms with Gasteiger partial charge in [-0.05, 0) is 31.7 Å². The number of ether oxygens (including phenoxy) is 1. The first-order valence-electron chi connectivity index (χ1n) is 9.23. The zero-order valence-corrected chi connectivity index (χ0v) is 17.4. The quantitative estimate of drug-likeness (QED) is 0.620. The van der Waals surface area contributed by atoms with Gasteiger partial charge in [0.25, 0.3) is 5.91 Å². The highest BCUT2D eigenvalue weighted by Crippen LogP contribution is 2.42. The number of fused-ring (bicyclic) bond motifs is 1. The lowest BCUT2D eigenvalue weighted by atomic mass is 10.1. The Morgan fingerprint density at radius 2 is 2.07 bits per heavy atom. The lowest BCUT2D eigenvalue weighted by molar-refractivity contribution is -0.116. The number of pyridine rings is 1. The molecule has 2 aromatic rings. The summed E-state index contributed by atoms with van der Waals surface area (Å²) in [5.74, 6) is 0.0340. The first-order valence-corrected chi connectivity index (χ1v) is 10.4. The van der Waals surface area contributed by atoms with E-state index in [9.17, 15) is 9.59 Å². The summed E-state index contributed by atoms with van der Waals surface area (Å²) in [7, 11) is 1.50. The third kappa shape index (κ3) is 4.35. The molecule has 1 aliphatic carbocycles. The predicted octanol–water partition coefficient (Wildman–Crippen LogP) is 4.68. The Hall–Kier alpha value is -1.86. The van der Waals surface area contributed by atoms with Gasteiger partial charge in [-0.1, -0.05) is 31.4 Å². The molecule has 1 aliphatic rings. The number of rotatable bonds is 8. The molecule has 8 heteroatoms. The van der Waals surface area contributed by atoms with Gasteiger partial charge in [-0.25, -0.2) is 4.98 Å². The summed E-state index contributed by atoms with van der Waals surface area (Å²) >= 11 is 7.62. The number of hydrogen-bond acceptors (Lipinski definition) is 5. The summed E-state index contributed by atoms with van der Waals surface area (Å²) in [6, 6.07) is 0.225. The summed E-state index contributed by atoms with van der Waals surface area (Å²) in [5, 5.41) is 7.02. The van der Waals surface area contributed by atoms with Crippen LogP contribution in [0.5, 0.6) is 5.88 Å². The number of halogens is 1. The number of carbonyl (C=O) groups excluding carboxylic acids is 2. The van der Waals surface area contributed by atoms with Gasteiger partial charge in [0.05, 0.1) is 12.8 Å². The van der Waals surface area contributed by atoms with E-state index in [0.717, 1.165) is 37.7 Å². The zero-order chi connectivity index (χ0) is 19.6. The monoisotopic (exact) mass is 409 g/mol. The highest BCUT2D eigenvalue weighted by Gasteiger charge is 2.29. The number of anilines is 1. The molecular formula is C19H24ClN3O3S. The molecule has 0 radical (unpaired) electrons. The van der Waals surface area contributed by atoms with Crippen molar-refractivity contribution in [1.29, 1.82) is 0 Å². The maximum Gasteiger partial charge on any atom is 0.263 e. The third-order valence-electron chi connectivity index (χ3n) is 4.57. The number of unbranched alkanes of at least 4 members (excludes halogenated alkanes) is 2. The van der Waals surface area contributed by atoms with E-state index in [-0.39, 0.29) is 17.9 Å². The Bertz CT molecular complexity index is 877. The van der Waals surface area contributed by atoms with Crippen LogP contribution in [0.15, 0.2) is 0 Å². The highest BCUT2D eigenvalue weighted by atomic mass is 35.5. The van der Waals surface area contributed by atoms with Crippen molar-refractivity contribution in [1.82, 2.24) is 10.3 Å². The second-order valence-corrected chi connectivity index (χ2v) is 8.18. The van der Waals surface area contributed by atoms with E-state index in [1.54, 1.807) is 0 Å². The van der Waals surface area contributed by atoms with Crippen LogP contribution in [-0.2, 0) is 4.79 Å². The fraction of sp³-hybridized carbons (Fsp3) is 0.526. The average Bonchev–Trinajstić information content (AvgIpc) is 3.38. The summed E-state index contributed by atoms with van der Waals surface area (Å²) in [6.07, 6.45) is 5.27. The summed E-state index contributed by atoms with van der Waals surface area (Å²) in [5.41, 5.74) is 1.24. The molecule has 0 bridgehead atoms. The van der Waals surface area contributed by atoms with Crippen LogP contribution in [0.3, 0.4) is 0 Å². The van der Waals surface area contributed by atoms with Gasteiger partial charge in [0, 0.05) is 17.8 Å². The minimum absolute atomic E-state index is 0.102. The Morgan fingerprint density at radius 1 is 1.33 bits per heavy atom. The van der Waals surface area contributed by atoms with Crippen molar-refractivity contribution in [3.63, 3.8) is 0 Å². The van der Waals surface area contributed by atoms with E-state index in [0.29, 0.717) is 38.1 Å². The minimum Gasteiger partial charge on any atom is -0.480 e. The molecule has 3 rings (SSSR count). The molecule has 2 aromatic heterocycles. The molecule has 0 atom stereocenters. The number of methoxy groups -OCH3 is 1. The first-order chi connectivity index (χ1) is 13.0. The van der Waals surface area contributed by atoms with Crippen molar-refractivity contribution in [3.05, 3.63) is 15.5 Å². The third-order valence-corrected chi connectivity index (χ3v) is 6.10. The molecule has 2 heterocycles. The summed E-state index contributed by atoms with van der Waals surface area (Å²) in [6.45, 7) is 3.94. The summed E-state index contributed by atoms with van der Waals surface area (Å²) in [4.78, 5) is 30.7. The van der Waals surface area contributed by atoms with Gasteiger partial charge in [-0.3, -0.25) is 9.59 Å². The molecule has 6 nitrogen and oxygen atoms in total. The van der Waals surface area contributed by atoms with Gasteiger partial charge in [-0.2, -0.15) is 0 Å². The molecule has 2 amide bonds. The van der Waals surface area contributed by atoms with E-state index in [1.165, 1.54) is 18.4 Å². The average molecular weight is 410 g/mol. The van der Waals surface area contributed by atoms with Crippen molar-refractivity contribution in [2.75, 3.05) is 12.4 Å². The summed E-state index contributed by atoms with van der Waals surface area (Å²) < 4.78 is 5.24. The number of hydrogen-bond donors (Lipinski definition) is 2. The minimum atomic E-state index is -0.182. The van der Waals surface area contributed by atoms with Crippen LogP contribution in [0.25, 0.3) is 10.2 Å². The smallest absolute Gasteiger partial charge is 0.263 e. The molecule has 1 fully saturated rings. The largest absolute Gasteiger partial charge is 0.480 e. The van der Waals surface area contributed by atoms with E-state index in [4.69, 9.17) is 16.3 Å². The van der Waals surface area contributed by atoms with E-state index >= 15 is 0 Å². The van der Waals surface area contributed by atoms with Crippen LogP contribution in [0.2, 0.25) is 5.02 Å². The van der Waals surface area contributed by atoms with E-state index < -0.39 is 0 Å². The number of aromatic nitrogens is 1. The fourth-order valence-corrected chi connectivity index (χ4v) is 4.19. The number of thiophene rings is 1. The maximum atomic E-state index is 12.7. The van der Waals surface area contributed by atoms with Crippen LogP contribution in [0, 0.1) is 6.92 Å². The number of carbonyl (C=O) groups is 2. The maximum absolute atomic E-state index is 12.7. The van der Waals surface area contributed by atoms with E-state index in [2.05, 4.69) is 22.5 Å².